The Bertz CT molecular complexity index is 1050. The van der Waals surface area contributed by atoms with Crippen molar-refractivity contribution in [3.05, 3.63) is 95.4 Å². The Labute approximate surface area is 172 Å². The normalized spacial score (nSPS) is 15.4. The van der Waals surface area contributed by atoms with Gasteiger partial charge in [0.15, 0.2) is 0 Å². The van der Waals surface area contributed by atoms with E-state index in [0.717, 1.165) is 41.9 Å². The highest BCUT2D eigenvalue weighted by molar-refractivity contribution is 5.72. The van der Waals surface area contributed by atoms with Crippen LogP contribution in [-0.2, 0) is 0 Å². The minimum Gasteiger partial charge on any atom is -0.381 e. The predicted octanol–water partition coefficient (Wildman–Crippen LogP) is 5.79. The molecule has 0 atom stereocenters. The summed E-state index contributed by atoms with van der Waals surface area (Å²) in [6, 6.07) is 8.13. The summed E-state index contributed by atoms with van der Waals surface area (Å²) in [7, 11) is 0. The van der Waals surface area contributed by atoms with Gasteiger partial charge in [-0.3, -0.25) is 0 Å². The molecule has 1 heterocycles. The van der Waals surface area contributed by atoms with Crippen molar-refractivity contribution in [2.75, 3.05) is 11.9 Å². The SMILES string of the molecule is C=C(NCC1=CC=C(C)C1)c1cccc(Nc2ncc(C3=CC=C(C)C3)cn2)c1. The first-order valence-corrected chi connectivity index (χ1v) is 9.91. The highest BCUT2D eigenvalue weighted by Gasteiger charge is 2.09. The zero-order valence-corrected chi connectivity index (χ0v) is 17.0. The van der Waals surface area contributed by atoms with E-state index in [0.29, 0.717) is 5.95 Å². The Morgan fingerprint density at radius 1 is 1.00 bits per heavy atom. The van der Waals surface area contributed by atoms with E-state index < -0.39 is 0 Å². The van der Waals surface area contributed by atoms with E-state index in [4.69, 9.17) is 0 Å². The third-order valence-electron chi connectivity index (χ3n) is 5.17. The van der Waals surface area contributed by atoms with Gasteiger partial charge in [0.1, 0.15) is 0 Å². The van der Waals surface area contributed by atoms with Gasteiger partial charge < -0.3 is 10.6 Å². The number of nitrogens with one attached hydrogen (secondary N) is 2. The van der Waals surface area contributed by atoms with Gasteiger partial charge in [0.05, 0.1) is 0 Å². The number of hydrogen-bond acceptors (Lipinski definition) is 4. The number of benzene rings is 1. The van der Waals surface area contributed by atoms with Gasteiger partial charge in [-0.15, -0.1) is 0 Å². The molecule has 0 bridgehead atoms. The summed E-state index contributed by atoms with van der Waals surface area (Å²) in [5.41, 5.74) is 9.38. The largest absolute Gasteiger partial charge is 0.381 e. The molecule has 0 fully saturated rings. The second-order valence-corrected chi connectivity index (χ2v) is 7.73. The number of hydrogen-bond donors (Lipinski definition) is 2. The predicted molar refractivity (Wildman–Crippen MR) is 122 cm³/mol. The molecule has 0 unspecified atom stereocenters. The molecule has 2 aromatic rings. The lowest BCUT2D eigenvalue weighted by molar-refractivity contribution is 0.925. The van der Waals surface area contributed by atoms with Crippen molar-refractivity contribution in [1.29, 1.82) is 0 Å². The average molecular weight is 383 g/mol. The third kappa shape index (κ3) is 4.72. The molecular formula is C25H26N4. The van der Waals surface area contributed by atoms with Crippen LogP contribution < -0.4 is 10.6 Å². The van der Waals surface area contributed by atoms with Gasteiger partial charge in [-0.05, 0) is 55.5 Å². The standard InChI is InChI=1S/C25H26N4/c1-17-7-9-20(11-17)14-26-19(3)21-5-4-6-24(13-21)29-25-27-15-23(16-28-25)22-10-8-18(2)12-22/h4-10,13,15-16,26H,3,11-12,14H2,1-2H3,(H,27,28,29). The molecule has 1 aromatic heterocycles. The summed E-state index contributed by atoms with van der Waals surface area (Å²) in [6.45, 7) is 9.30. The zero-order chi connectivity index (χ0) is 20.2. The Morgan fingerprint density at radius 2 is 1.76 bits per heavy atom. The fourth-order valence-electron chi connectivity index (χ4n) is 3.51. The van der Waals surface area contributed by atoms with E-state index in [1.165, 1.54) is 22.3 Å². The van der Waals surface area contributed by atoms with Gasteiger partial charge >= 0.3 is 0 Å². The molecule has 0 radical (unpaired) electrons. The molecular weight excluding hydrogens is 356 g/mol. The van der Waals surface area contributed by atoms with Gasteiger partial charge in [0, 0.05) is 35.9 Å². The van der Waals surface area contributed by atoms with E-state index in [1.54, 1.807) is 0 Å². The third-order valence-corrected chi connectivity index (χ3v) is 5.17. The fourth-order valence-corrected chi connectivity index (χ4v) is 3.51. The molecule has 0 spiro atoms. The van der Waals surface area contributed by atoms with Crippen molar-refractivity contribution in [2.45, 2.75) is 26.7 Å². The number of anilines is 2. The average Bonchev–Trinajstić information content (AvgIpc) is 3.35. The smallest absolute Gasteiger partial charge is 0.227 e. The van der Waals surface area contributed by atoms with E-state index in [1.807, 2.05) is 24.5 Å². The van der Waals surface area contributed by atoms with Crippen molar-refractivity contribution in [1.82, 2.24) is 15.3 Å². The molecule has 29 heavy (non-hydrogen) atoms. The monoisotopic (exact) mass is 382 g/mol. The van der Waals surface area contributed by atoms with E-state index in [9.17, 15) is 0 Å². The number of aromatic nitrogens is 2. The first kappa shape index (κ1) is 18.9. The lowest BCUT2D eigenvalue weighted by atomic mass is 10.1. The molecule has 2 aliphatic rings. The van der Waals surface area contributed by atoms with Crippen molar-refractivity contribution in [3.63, 3.8) is 0 Å². The molecule has 2 aliphatic carbocycles. The second-order valence-electron chi connectivity index (χ2n) is 7.73. The molecule has 2 N–H and O–H groups in total. The van der Waals surface area contributed by atoms with Crippen LogP contribution in [-0.4, -0.2) is 16.5 Å². The molecule has 0 aliphatic heterocycles. The van der Waals surface area contributed by atoms with Crippen LogP contribution in [0.15, 0.2) is 84.3 Å². The fraction of sp³-hybridized carbons (Fsp3) is 0.200. The zero-order valence-electron chi connectivity index (χ0n) is 17.0. The van der Waals surface area contributed by atoms with Gasteiger partial charge in [0.2, 0.25) is 5.95 Å². The first-order chi connectivity index (χ1) is 14.1. The van der Waals surface area contributed by atoms with Crippen LogP contribution in [0, 0.1) is 0 Å². The van der Waals surface area contributed by atoms with Crippen molar-refractivity contribution in [3.8, 4) is 0 Å². The van der Waals surface area contributed by atoms with Crippen LogP contribution in [0.3, 0.4) is 0 Å². The number of allylic oxidation sites excluding steroid dienone is 7. The summed E-state index contributed by atoms with van der Waals surface area (Å²) in [5, 5.41) is 6.71. The maximum atomic E-state index is 4.48. The van der Waals surface area contributed by atoms with Gasteiger partial charge in [-0.25, -0.2) is 9.97 Å². The molecule has 4 rings (SSSR count). The van der Waals surface area contributed by atoms with Crippen LogP contribution in [0.25, 0.3) is 11.3 Å². The molecule has 0 amide bonds. The first-order valence-electron chi connectivity index (χ1n) is 9.91. The summed E-state index contributed by atoms with van der Waals surface area (Å²) in [4.78, 5) is 8.95. The summed E-state index contributed by atoms with van der Waals surface area (Å²) < 4.78 is 0. The minimum atomic E-state index is 0.588. The summed E-state index contributed by atoms with van der Waals surface area (Å²) >= 11 is 0. The Balaban J connectivity index is 1.36. The summed E-state index contributed by atoms with van der Waals surface area (Å²) in [6.07, 6.45) is 14.4. The van der Waals surface area contributed by atoms with Crippen LogP contribution in [0.2, 0.25) is 0 Å². The van der Waals surface area contributed by atoms with Crippen LogP contribution in [0.5, 0.6) is 0 Å². The van der Waals surface area contributed by atoms with Crippen molar-refractivity contribution in [2.24, 2.45) is 0 Å². The van der Waals surface area contributed by atoms with Gasteiger partial charge in [0.25, 0.3) is 0 Å². The maximum Gasteiger partial charge on any atom is 0.227 e. The van der Waals surface area contributed by atoms with Crippen LogP contribution >= 0.6 is 0 Å². The van der Waals surface area contributed by atoms with Gasteiger partial charge in [-0.1, -0.05) is 54.2 Å². The Hall–Kier alpha value is -3.40. The summed E-state index contributed by atoms with van der Waals surface area (Å²) in [5.74, 6) is 0.588. The highest BCUT2D eigenvalue weighted by atomic mass is 15.1. The van der Waals surface area contributed by atoms with E-state index >= 15 is 0 Å². The lowest BCUT2D eigenvalue weighted by Gasteiger charge is -2.13. The number of rotatable bonds is 7. The second kappa shape index (κ2) is 8.31. The Morgan fingerprint density at radius 3 is 2.45 bits per heavy atom. The minimum absolute atomic E-state index is 0.588. The molecule has 4 nitrogen and oxygen atoms in total. The highest BCUT2D eigenvalue weighted by Crippen LogP contribution is 2.27. The molecule has 0 saturated heterocycles. The topological polar surface area (TPSA) is 49.8 Å². The quantitative estimate of drug-likeness (QED) is 0.636. The lowest BCUT2D eigenvalue weighted by Crippen LogP contribution is -2.14. The van der Waals surface area contributed by atoms with Crippen LogP contribution in [0.4, 0.5) is 11.6 Å². The van der Waals surface area contributed by atoms with Crippen molar-refractivity contribution < 1.29 is 0 Å². The van der Waals surface area contributed by atoms with Gasteiger partial charge in [-0.2, -0.15) is 0 Å². The number of nitrogens with zero attached hydrogens (tertiary/aromatic N) is 2. The van der Waals surface area contributed by atoms with Crippen molar-refractivity contribution >= 4 is 22.9 Å². The van der Waals surface area contributed by atoms with E-state index in [2.05, 4.69) is 77.5 Å². The molecule has 4 heteroatoms. The van der Waals surface area contributed by atoms with E-state index in [-0.39, 0.29) is 0 Å². The maximum absolute atomic E-state index is 4.48. The van der Waals surface area contributed by atoms with Crippen LogP contribution in [0.1, 0.15) is 37.8 Å². The Kier molecular flexibility index (Phi) is 5.43. The molecule has 0 saturated carbocycles. The molecule has 1 aromatic carbocycles. The molecule has 146 valence electrons.